The molecular formula is C16H14N2O5S. The van der Waals surface area contributed by atoms with E-state index in [-0.39, 0.29) is 28.3 Å². The van der Waals surface area contributed by atoms with Gasteiger partial charge >= 0.3 is 0 Å². The van der Waals surface area contributed by atoms with Crippen molar-refractivity contribution < 1.29 is 23.5 Å². The number of carbonyl (C=O) groups excluding carboxylic acids is 2. The molecule has 1 heterocycles. The van der Waals surface area contributed by atoms with E-state index in [1.165, 1.54) is 30.3 Å². The predicted molar refractivity (Wildman–Crippen MR) is 87.8 cm³/mol. The first-order valence-corrected chi connectivity index (χ1v) is 8.30. The maximum Gasteiger partial charge on any atom is 0.264 e. The van der Waals surface area contributed by atoms with Gasteiger partial charge in [-0.05, 0) is 29.8 Å². The SMILES string of the molecule is Nc1cccc2c1C(=O)N([C@H](CS(=O)O)c1cccc(O)c1)C2=O. The van der Waals surface area contributed by atoms with Crippen LogP contribution in [0.3, 0.4) is 0 Å². The minimum Gasteiger partial charge on any atom is -0.508 e. The van der Waals surface area contributed by atoms with Gasteiger partial charge in [-0.3, -0.25) is 14.5 Å². The summed E-state index contributed by atoms with van der Waals surface area (Å²) in [5.74, 6) is -1.64. The van der Waals surface area contributed by atoms with Crippen LogP contribution in [0.1, 0.15) is 32.3 Å². The van der Waals surface area contributed by atoms with E-state index >= 15 is 0 Å². The Labute approximate surface area is 140 Å². The van der Waals surface area contributed by atoms with E-state index in [2.05, 4.69) is 0 Å². The standard InChI is InChI=1S/C16H14N2O5S/c17-12-6-2-5-11-14(12)16(21)18(15(11)20)13(8-24(22)23)9-3-1-4-10(19)7-9/h1-7,13,19H,8,17H2,(H,22,23)/t13-/m1/s1. The number of imide groups is 1. The molecule has 2 atom stereocenters. The first-order chi connectivity index (χ1) is 11.4. The van der Waals surface area contributed by atoms with Gasteiger partial charge in [-0.15, -0.1) is 0 Å². The topological polar surface area (TPSA) is 121 Å². The molecule has 1 aliphatic heterocycles. The number of aromatic hydroxyl groups is 1. The molecule has 7 nitrogen and oxygen atoms in total. The Morgan fingerprint density at radius 2 is 1.83 bits per heavy atom. The van der Waals surface area contributed by atoms with Crippen molar-refractivity contribution >= 4 is 28.6 Å². The zero-order valence-electron chi connectivity index (χ0n) is 12.4. The molecule has 1 aliphatic rings. The minimum atomic E-state index is -2.26. The van der Waals surface area contributed by atoms with Crippen molar-refractivity contribution in [1.29, 1.82) is 0 Å². The van der Waals surface area contributed by atoms with Gasteiger partial charge in [0.25, 0.3) is 11.8 Å². The quantitative estimate of drug-likeness (QED) is 0.439. The van der Waals surface area contributed by atoms with Crippen LogP contribution in [0.15, 0.2) is 42.5 Å². The van der Waals surface area contributed by atoms with Gasteiger partial charge in [0.05, 0.1) is 22.9 Å². The monoisotopic (exact) mass is 346 g/mol. The van der Waals surface area contributed by atoms with E-state index < -0.39 is 28.9 Å². The number of carbonyl (C=O) groups is 2. The molecule has 24 heavy (non-hydrogen) atoms. The zero-order valence-corrected chi connectivity index (χ0v) is 13.2. The number of hydrogen-bond acceptors (Lipinski definition) is 5. The first-order valence-electron chi connectivity index (χ1n) is 7.03. The second-order valence-electron chi connectivity index (χ2n) is 5.35. The molecular weight excluding hydrogens is 332 g/mol. The second-order valence-corrected chi connectivity index (χ2v) is 6.33. The fourth-order valence-corrected chi connectivity index (χ4v) is 3.41. The molecule has 2 aromatic rings. The summed E-state index contributed by atoms with van der Waals surface area (Å²) >= 11 is -2.26. The van der Waals surface area contributed by atoms with E-state index in [4.69, 9.17) is 5.73 Å². The van der Waals surface area contributed by atoms with Crippen LogP contribution in [0.4, 0.5) is 5.69 Å². The van der Waals surface area contributed by atoms with Crippen LogP contribution in [0.2, 0.25) is 0 Å². The van der Waals surface area contributed by atoms with Crippen molar-refractivity contribution in [2.24, 2.45) is 0 Å². The molecule has 2 aromatic carbocycles. The Morgan fingerprint density at radius 1 is 1.12 bits per heavy atom. The fourth-order valence-electron chi connectivity index (χ4n) is 2.80. The highest BCUT2D eigenvalue weighted by atomic mass is 32.2. The number of phenolic OH excluding ortho intramolecular Hbond substituents is 1. The lowest BCUT2D eigenvalue weighted by atomic mass is 10.1. The van der Waals surface area contributed by atoms with E-state index in [9.17, 15) is 23.5 Å². The zero-order chi connectivity index (χ0) is 17.4. The highest BCUT2D eigenvalue weighted by Gasteiger charge is 2.42. The normalized spacial score (nSPS) is 16.1. The van der Waals surface area contributed by atoms with E-state index in [1.54, 1.807) is 12.1 Å². The van der Waals surface area contributed by atoms with Gasteiger partial charge in [-0.1, -0.05) is 18.2 Å². The van der Waals surface area contributed by atoms with Crippen LogP contribution in [0.5, 0.6) is 5.75 Å². The largest absolute Gasteiger partial charge is 0.508 e. The molecule has 8 heteroatoms. The van der Waals surface area contributed by atoms with E-state index in [1.807, 2.05) is 0 Å². The Bertz CT molecular complexity index is 867. The Balaban J connectivity index is 2.10. The number of nitrogen functional groups attached to an aromatic ring is 1. The van der Waals surface area contributed by atoms with Crippen molar-refractivity contribution in [1.82, 2.24) is 4.90 Å². The van der Waals surface area contributed by atoms with Gasteiger partial charge in [-0.25, -0.2) is 4.21 Å². The van der Waals surface area contributed by atoms with Crippen molar-refractivity contribution in [3.63, 3.8) is 0 Å². The number of hydrogen-bond donors (Lipinski definition) is 3. The Morgan fingerprint density at radius 3 is 2.46 bits per heavy atom. The molecule has 0 fully saturated rings. The van der Waals surface area contributed by atoms with Crippen LogP contribution in [-0.4, -0.2) is 36.3 Å². The molecule has 0 saturated carbocycles. The Kier molecular flexibility index (Phi) is 4.08. The molecule has 0 saturated heterocycles. The van der Waals surface area contributed by atoms with Crippen molar-refractivity contribution in [2.75, 3.05) is 11.5 Å². The van der Waals surface area contributed by atoms with Gasteiger partial charge in [0.2, 0.25) is 0 Å². The Hall–Kier alpha value is -2.71. The number of phenols is 1. The van der Waals surface area contributed by atoms with Crippen molar-refractivity contribution in [3.05, 3.63) is 59.2 Å². The maximum atomic E-state index is 12.7. The third-order valence-corrected chi connectivity index (χ3v) is 4.45. The lowest BCUT2D eigenvalue weighted by molar-refractivity contribution is 0.0597. The van der Waals surface area contributed by atoms with Crippen molar-refractivity contribution in [3.8, 4) is 5.75 Å². The summed E-state index contributed by atoms with van der Waals surface area (Å²) in [6.07, 6.45) is 0. The maximum absolute atomic E-state index is 12.7. The summed E-state index contributed by atoms with van der Waals surface area (Å²) in [4.78, 5) is 26.3. The molecule has 0 radical (unpaired) electrons. The molecule has 3 rings (SSSR count). The number of anilines is 1. The van der Waals surface area contributed by atoms with Gasteiger partial charge in [0, 0.05) is 5.69 Å². The van der Waals surface area contributed by atoms with Crippen LogP contribution < -0.4 is 5.73 Å². The molecule has 4 N–H and O–H groups in total. The molecule has 1 unspecified atom stereocenters. The second kappa shape index (κ2) is 6.06. The molecule has 124 valence electrons. The summed E-state index contributed by atoms with van der Waals surface area (Å²) in [5, 5.41) is 9.64. The number of amides is 2. The molecule has 0 spiro atoms. The van der Waals surface area contributed by atoms with Crippen LogP contribution in [0, 0.1) is 0 Å². The highest BCUT2D eigenvalue weighted by Crippen LogP contribution is 2.35. The summed E-state index contributed by atoms with van der Waals surface area (Å²) < 4.78 is 20.6. The van der Waals surface area contributed by atoms with E-state index in [0.29, 0.717) is 5.56 Å². The number of benzene rings is 2. The summed E-state index contributed by atoms with van der Waals surface area (Å²) in [6.45, 7) is 0. The number of nitrogens with two attached hydrogens (primary N) is 1. The number of rotatable bonds is 4. The lowest BCUT2D eigenvalue weighted by Gasteiger charge is -2.25. The van der Waals surface area contributed by atoms with Gasteiger partial charge in [0.1, 0.15) is 5.75 Å². The number of nitrogens with zero attached hydrogens (tertiary/aromatic N) is 1. The fraction of sp³-hybridized carbons (Fsp3) is 0.125. The smallest absolute Gasteiger partial charge is 0.264 e. The van der Waals surface area contributed by atoms with Gasteiger partial charge in [-0.2, -0.15) is 0 Å². The molecule has 2 amide bonds. The van der Waals surface area contributed by atoms with Crippen LogP contribution >= 0.6 is 0 Å². The summed E-state index contributed by atoms with van der Waals surface area (Å²) in [6, 6.07) is 9.46. The summed E-state index contributed by atoms with van der Waals surface area (Å²) in [7, 11) is 0. The lowest BCUT2D eigenvalue weighted by Crippen LogP contribution is -2.37. The van der Waals surface area contributed by atoms with Crippen LogP contribution in [0.25, 0.3) is 0 Å². The third-order valence-electron chi connectivity index (χ3n) is 3.85. The predicted octanol–water partition coefficient (Wildman–Crippen LogP) is 1.53. The number of fused-ring (bicyclic) bond motifs is 1. The molecule has 0 aromatic heterocycles. The van der Waals surface area contributed by atoms with Crippen LogP contribution in [-0.2, 0) is 11.1 Å². The van der Waals surface area contributed by atoms with E-state index in [0.717, 1.165) is 4.90 Å². The average Bonchev–Trinajstić information content (AvgIpc) is 2.77. The van der Waals surface area contributed by atoms with Crippen molar-refractivity contribution in [2.45, 2.75) is 6.04 Å². The third kappa shape index (κ3) is 2.66. The first kappa shape index (κ1) is 16.2. The summed E-state index contributed by atoms with van der Waals surface area (Å²) in [5.41, 5.74) is 6.61. The average molecular weight is 346 g/mol. The molecule has 0 bridgehead atoms. The van der Waals surface area contributed by atoms with Gasteiger partial charge < -0.3 is 15.4 Å². The molecule has 0 aliphatic carbocycles. The van der Waals surface area contributed by atoms with Gasteiger partial charge in [0.15, 0.2) is 11.1 Å². The minimum absolute atomic E-state index is 0.0719. The highest BCUT2D eigenvalue weighted by molar-refractivity contribution is 7.79.